The summed E-state index contributed by atoms with van der Waals surface area (Å²) in [7, 11) is 0. The molecular formula is C11H12F2O2. The SMILES string of the molecule is CCCC(C(=O)O)c1ccc(F)c(F)c1. The van der Waals surface area contributed by atoms with Crippen LogP contribution in [0.4, 0.5) is 8.78 Å². The number of rotatable bonds is 4. The fourth-order valence-electron chi connectivity index (χ4n) is 1.45. The van der Waals surface area contributed by atoms with Crippen molar-refractivity contribution in [2.24, 2.45) is 0 Å². The summed E-state index contributed by atoms with van der Waals surface area (Å²) in [5.74, 6) is -3.73. The summed E-state index contributed by atoms with van der Waals surface area (Å²) in [6.07, 6.45) is 1.09. The highest BCUT2D eigenvalue weighted by Gasteiger charge is 2.19. The molecule has 1 aromatic rings. The molecule has 0 bridgehead atoms. The van der Waals surface area contributed by atoms with Crippen molar-refractivity contribution in [2.45, 2.75) is 25.7 Å². The van der Waals surface area contributed by atoms with Crippen LogP contribution in [0.25, 0.3) is 0 Å². The van der Waals surface area contributed by atoms with E-state index in [1.165, 1.54) is 6.07 Å². The fourth-order valence-corrected chi connectivity index (χ4v) is 1.45. The van der Waals surface area contributed by atoms with Gasteiger partial charge >= 0.3 is 5.97 Å². The van der Waals surface area contributed by atoms with E-state index in [4.69, 9.17) is 5.11 Å². The van der Waals surface area contributed by atoms with Crippen molar-refractivity contribution in [3.8, 4) is 0 Å². The molecule has 1 N–H and O–H groups in total. The van der Waals surface area contributed by atoms with E-state index in [0.29, 0.717) is 18.4 Å². The Bertz CT molecular complexity index is 364. The highest BCUT2D eigenvalue weighted by molar-refractivity contribution is 5.76. The minimum atomic E-state index is -1.01. The molecule has 15 heavy (non-hydrogen) atoms. The van der Waals surface area contributed by atoms with Gasteiger partial charge in [-0.25, -0.2) is 8.78 Å². The van der Waals surface area contributed by atoms with Crippen molar-refractivity contribution in [3.05, 3.63) is 35.4 Å². The van der Waals surface area contributed by atoms with Gasteiger partial charge in [-0.15, -0.1) is 0 Å². The summed E-state index contributed by atoms with van der Waals surface area (Å²) in [6.45, 7) is 1.84. The van der Waals surface area contributed by atoms with Crippen molar-refractivity contribution in [3.63, 3.8) is 0 Å². The van der Waals surface area contributed by atoms with Gasteiger partial charge in [0.25, 0.3) is 0 Å². The van der Waals surface area contributed by atoms with Gasteiger partial charge < -0.3 is 5.11 Å². The molecule has 1 aromatic carbocycles. The number of carboxylic acid groups (broad SMARTS) is 1. The van der Waals surface area contributed by atoms with Gasteiger partial charge in [0.15, 0.2) is 11.6 Å². The molecule has 0 fully saturated rings. The Morgan fingerprint density at radius 1 is 1.40 bits per heavy atom. The van der Waals surface area contributed by atoms with Crippen LogP contribution in [0, 0.1) is 11.6 Å². The fraction of sp³-hybridized carbons (Fsp3) is 0.364. The average Bonchev–Trinajstić information content (AvgIpc) is 2.18. The molecular weight excluding hydrogens is 202 g/mol. The lowest BCUT2D eigenvalue weighted by Gasteiger charge is -2.11. The molecule has 0 radical (unpaired) electrons. The lowest BCUT2D eigenvalue weighted by atomic mass is 9.94. The summed E-state index contributed by atoms with van der Waals surface area (Å²) < 4.78 is 25.5. The largest absolute Gasteiger partial charge is 0.481 e. The first-order valence-electron chi connectivity index (χ1n) is 4.74. The van der Waals surface area contributed by atoms with Crippen LogP contribution in [0.15, 0.2) is 18.2 Å². The van der Waals surface area contributed by atoms with E-state index in [-0.39, 0.29) is 0 Å². The molecule has 1 atom stereocenters. The van der Waals surface area contributed by atoms with Gasteiger partial charge in [-0.2, -0.15) is 0 Å². The van der Waals surface area contributed by atoms with Crippen LogP contribution in [0.2, 0.25) is 0 Å². The highest BCUT2D eigenvalue weighted by atomic mass is 19.2. The van der Waals surface area contributed by atoms with Crippen molar-refractivity contribution in [1.29, 1.82) is 0 Å². The first kappa shape index (κ1) is 11.6. The molecule has 0 aliphatic rings. The number of carboxylic acids is 1. The summed E-state index contributed by atoms with van der Waals surface area (Å²) in [5, 5.41) is 8.90. The van der Waals surface area contributed by atoms with Gasteiger partial charge in [0.2, 0.25) is 0 Å². The van der Waals surface area contributed by atoms with Crippen LogP contribution >= 0.6 is 0 Å². The predicted molar refractivity (Wildman–Crippen MR) is 51.6 cm³/mol. The van der Waals surface area contributed by atoms with Crippen LogP contribution in [0.1, 0.15) is 31.2 Å². The zero-order valence-electron chi connectivity index (χ0n) is 8.34. The topological polar surface area (TPSA) is 37.3 Å². The summed E-state index contributed by atoms with van der Waals surface area (Å²) in [6, 6.07) is 3.22. The molecule has 1 unspecified atom stereocenters. The Kier molecular flexibility index (Phi) is 3.77. The molecule has 0 heterocycles. The summed E-state index contributed by atoms with van der Waals surface area (Å²) in [5.41, 5.74) is 0.309. The standard InChI is InChI=1S/C11H12F2O2/c1-2-3-8(11(14)15)7-4-5-9(12)10(13)6-7/h4-6,8H,2-3H2,1H3,(H,14,15). The Morgan fingerprint density at radius 2 is 2.07 bits per heavy atom. The number of hydrogen-bond donors (Lipinski definition) is 1. The first-order chi connectivity index (χ1) is 7.06. The monoisotopic (exact) mass is 214 g/mol. The van der Waals surface area contributed by atoms with E-state index in [1.807, 2.05) is 6.92 Å². The van der Waals surface area contributed by atoms with Gasteiger partial charge in [-0.3, -0.25) is 4.79 Å². The Balaban J connectivity index is 3.01. The minimum Gasteiger partial charge on any atom is -0.481 e. The van der Waals surface area contributed by atoms with E-state index >= 15 is 0 Å². The number of carbonyl (C=O) groups is 1. The zero-order chi connectivity index (χ0) is 11.4. The van der Waals surface area contributed by atoms with E-state index in [9.17, 15) is 13.6 Å². The Hall–Kier alpha value is -1.45. The molecule has 0 aromatic heterocycles. The summed E-state index contributed by atoms with van der Waals surface area (Å²) >= 11 is 0. The number of benzene rings is 1. The van der Waals surface area contributed by atoms with Crippen LogP contribution in [-0.2, 0) is 4.79 Å². The number of halogens is 2. The lowest BCUT2D eigenvalue weighted by molar-refractivity contribution is -0.139. The molecule has 0 saturated carbocycles. The molecule has 0 amide bonds. The maximum atomic E-state index is 12.9. The molecule has 0 aliphatic heterocycles. The third kappa shape index (κ3) is 2.75. The quantitative estimate of drug-likeness (QED) is 0.836. The highest BCUT2D eigenvalue weighted by Crippen LogP contribution is 2.23. The first-order valence-corrected chi connectivity index (χ1v) is 4.74. The molecule has 0 aliphatic carbocycles. The van der Waals surface area contributed by atoms with Gasteiger partial charge in [0.1, 0.15) is 0 Å². The van der Waals surface area contributed by atoms with Crippen LogP contribution < -0.4 is 0 Å². The van der Waals surface area contributed by atoms with Crippen LogP contribution in [0.5, 0.6) is 0 Å². The van der Waals surface area contributed by atoms with Crippen LogP contribution in [-0.4, -0.2) is 11.1 Å². The van der Waals surface area contributed by atoms with Gasteiger partial charge in [-0.05, 0) is 24.1 Å². The van der Waals surface area contributed by atoms with Gasteiger partial charge in [0.05, 0.1) is 5.92 Å². The molecule has 0 saturated heterocycles. The van der Waals surface area contributed by atoms with Crippen molar-refractivity contribution < 1.29 is 18.7 Å². The van der Waals surface area contributed by atoms with E-state index in [2.05, 4.69) is 0 Å². The smallest absolute Gasteiger partial charge is 0.310 e. The lowest BCUT2D eigenvalue weighted by Crippen LogP contribution is -2.11. The van der Waals surface area contributed by atoms with Gasteiger partial charge in [0, 0.05) is 0 Å². The molecule has 82 valence electrons. The predicted octanol–water partition coefficient (Wildman–Crippen LogP) is 2.93. The van der Waals surface area contributed by atoms with Crippen molar-refractivity contribution in [1.82, 2.24) is 0 Å². The molecule has 0 spiro atoms. The second-order valence-corrected chi connectivity index (χ2v) is 3.35. The van der Waals surface area contributed by atoms with E-state index in [1.54, 1.807) is 0 Å². The van der Waals surface area contributed by atoms with Crippen LogP contribution in [0.3, 0.4) is 0 Å². The minimum absolute atomic E-state index is 0.309. The summed E-state index contributed by atoms with van der Waals surface area (Å²) in [4.78, 5) is 10.9. The Labute approximate surface area is 86.5 Å². The normalized spacial score (nSPS) is 12.5. The number of hydrogen-bond acceptors (Lipinski definition) is 1. The average molecular weight is 214 g/mol. The third-order valence-corrected chi connectivity index (χ3v) is 2.22. The molecule has 2 nitrogen and oxygen atoms in total. The second kappa shape index (κ2) is 4.87. The Morgan fingerprint density at radius 3 is 2.53 bits per heavy atom. The van der Waals surface area contributed by atoms with E-state index < -0.39 is 23.5 Å². The molecule has 4 heteroatoms. The molecule has 1 rings (SSSR count). The van der Waals surface area contributed by atoms with Gasteiger partial charge in [-0.1, -0.05) is 19.4 Å². The maximum Gasteiger partial charge on any atom is 0.310 e. The third-order valence-electron chi connectivity index (χ3n) is 2.22. The van der Waals surface area contributed by atoms with Crippen molar-refractivity contribution in [2.75, 3.05) is 0 Å². The maximum absolute atomic E-state index is 12.9. The number of aliphatic carboxylic acids is 1. The second-order valence-electron chi connectivity index (χ2n) is 3.35. The zero-order valence-corrected chi connectivity index (χ0v) is 8.34. The van der Waals surface area contributed by atoms with E-state index in [0.717, 1.165) is 12.1 Å². The van der Waals surface area contributed by atoms with Crippen molar-refractivity contribution >= 4 is 5.97 Å².